The Morgan fingerprint density at radius 2 is 1.67 bits per heavy atom. The summed E-state index contributed by atoms with van der Waals surface area (Å²) in [7, 11) is 0. The molecule has 2 unspecified atom stereocenters. The monoisotopic (exact) mass is 582 g/mol. The predicted molar refractivity (Wildman–Crippen MR) is 169 cm³/mol. The molecule has 6 nitrogen and oxygen atoms in total. The van der Waals surface area contributed by atoms with Crippen molar-refractivity contribution in [3.05, 3.63) is 95.1 Å². The number of carbonyl (C=O) groups excluding carboxylic acids is 1. The topological polar surface area (TPSA) is 71.0 Å². The summed E-state index contributed by atoms with van der Waals surface area (Å²) in [5.74, 6) is -0.0333. The minimum atomic E-state index is -0.463. The summed E-state index contributed by atoms with van der Waals surface area (Å²) in [5, 5.41) is 12.4. The Morgan fingerprint density at radius 1 is 0.930 bits per heavy atom. The standard InChI is InChI=1S/C37H46N2O4/c1-25(41)38-20-27-6-5-7-31(16-27)28-12-14-30(15-13-28)35-42-33(17-34(43-35)29-10-8-26(22-40)9-11-29)21-39-24-37(4)19-32(39)18-36(2,3)23-37/h5-16,32-35,40H,17-24H2,1-4H3,(H,38,41)/t32?,33-,34+,35+,37?/m0/s1. The van der Waals surface area contributed by atoms with Crippen molar-refractivity contribution in [3.8, 4) is 11.1 Å². The molecule has 6 heteroatoms. The Hall–Kier alpha value is -3.03. The van der Waals surface area contributed by atoms with Crippen molar-refractivity contribution >= 4 is 5.91 Å². The predicted octanol–water partition coefficient (Wildman–Crippen LogP) is 6.93. The van der Waals surface area contributed by atoms with E-state index < -0.39 is 6.29 Å². The van der Waals surface area contributed by atoms with Crippen LogP contribution in [-0.4, -0.2) is 41.1 Å². The van der Waals surface area contributed by atoms with E-state index in [9.17, 15) is 9.90 Å². The molecule has 3 aliphatic rings. The number of carbonyl (C=O) groups is 1. The van der Waals surface area contributed by atoms with Crippen molar-refractivity contribution in [1.29, 1.82) is 0 Å². The van der Waals surface area contributed by atoms with Gasteiger partial charge in [0.15, 0.2) is 6.29 Å². The quantitative estimate of drug-likeness (QED) is 0.302. The van der Waals surface area contributed by atoms with Gasteiger partial charge in [-0.05, 0) is 64.0 Å². The summed E-state index contributed by atoms with van der Waals surface area (Å²) < 4.78 is 13.4. The average molecular weight is 583 g/mol. The number of aliphatic hydroxyl groups is 1. The van der Waals surface area contributed by atoms with Gasteiger partial charge in [-0.3, -0.25) is 9.69 Å². The van der Waals surface area contributed by atoms with E-state index >= 15 is 0 Å². The van der Waals surface area contributed by atoms with Gasteiger partial charge < -0.3 is 19.9 Å². The number of rotatable bonds is 8. The lowest BCUT2D eigenvalue weighted by molar-refractivity contribution is -0.253. The molecule has 3 fully saturated rings. The molecule has 0 spiro atoms. The zero-order valence-corrected chi connectivity index (χ0v) is 26.0. The number of likely N-dealkylation sites (tertiary alicyclic amines) is 1. The van der Waals surface area contributed by atoms with Gasteiger partial charge >= 0.3 is 0 Å². The highest BCUT2D eigenvalue weighted by Crippen LogP contribution is 2.53. The molecular weight excluding hydrogens is 536 g/mol. The fourth-order valence-corrected chi connectivity index (χ4v) is 8.00. The molecule has 1 saturated carbocycles. The summed E-state index contributed by atoms with van der Waals surface area (Å²) in [6.07, 6.45) is 4.12. The van der Waals surface area contributed by atoms with E-state index in [0.717, 1.165) is 52.9 Å². The molecule has 1 aliphatic carbocycles. The van der Waals surface area contributed by atoms with Crippen molar-refractivity contribution in [2.75, 3.05) is 13.1 Å². The van der Waals surface area contributed by atoms with E-state index in [1.807, 2.05) is 24.3 Å². The minimum absolute atomic E-state index is 0.0333. The molecule has 5 atom stereocenters. The first-order chi connectivity index (χ1) is 20.6. The van der Waals surface area contributed by atoms with Crippen molar-refractivity contribution < 1.29 is 19.4 Å². The molecule has 43 heavy (non-hydrogen) atoms. The minimum Gasteiger partial charge on any atom is -0.392 e. The molecule has 2 bridgehead atoms. The van der Waals surface area contributed by atoms with Gasteiger partial charge in [-0.15, -0.1) is 0 Å². The Morgan fingerprint density at radius 3 is 2.40 bits per heavy atom. The van der Waals surface area contributed by atoms with Gasteiger partial charge in [0, 0.05) is 44.6 Å². The van der Waals surface area contributed by atoms with E-state index in [0.29, 0.717) is 23.4 Å². The maximum atomic E-state index is 11.4. The maximum Gasteiger partial charge on any atom is 0.217 e. The smallest absolute Gasteiger partial charge is 0.217 e. The largest absolute Gasteiger partial charge is 0.392 e. The van der Waals surface area contributed by atoms with Crippen LogP contribution in [0.15, 0.2) is 72.8 Å². The van der Waals surface area contributed by atoms with E-state index in [-0.39, 0.29) is 24.7 Å². The molecule has 6 rings (SSSR count). The Bertz CT molecular complexity index is 1420. The van der Waals surface area contributed by atoms with Crippen LogP contribution in [0.4, 0.5) is 0 Å². The normalized spacial score (nSPS) is 28.5. The number of hydrogen-bond acceptors (Lipinski definition) is 5. The highest BCUT2D eigenvalue weighted by Gasteiger charge is 2.50. The van der Waals surface area contributed by atoms with Crippen LogP contribution in [0.3, 0.4) is 0 Å². The summed E-state index contributed by atoms with van der Waals surface area (Å²) in [5.41, 5.74) is 7.08. The number of hydrogen-bond donors (Lipinski definition) is 2. The van der Waals surface area contributed by atoms with Crippen molar-refractivity contribution in [1.82, 2.24) is 10.2 Å². The van der Waals surface area contributed by atoms with Gasteiger partial charge in [0.2, 0.25) is 5.91 Å². The Kier molecular flexibility index (Phi) is 8.49. The number of nitrogens with zero attached hydrogens (tertiary/aromatic N) is 1. The number of benzene rings is 3. The summed E-state index contributed by atoms with van der Waals surface area (Å²) in [6, 6.07) is 25.5. The SMILES string of the molecule is CC(=O)NCc1cccc(-c2ccc([C@@H]3O[C@H](CN4CC5(C)CC4CC(C)(C)C5)C[C@H](c4ccc(CO)cc4)O3)cc2)c1. The van der Waals surface area contributed by atoms with Crippen LogP contribution in [0.5, 0.6) is 0 Å². The number of nitrogens with one attached hydrogen (secondary N) is 1. The third-order valence-corrected chi connectivity index (χ3v) is 9.56. The van der Waals surface area contributed by atoms with Gasteiger partial charge in [0.05, 0.1) is 18.8 Å². The van der Waals surface area contributed by atoms with Crippen LogP contribution in [-0.2, 0) is 27.4 Å². The Labute approximate surface area is 256 Å². The van der Waals surface area contributed by atoms with Gasteiger partial charge in [0.1, 0.15) is 0 Å². The highest BCUT2D eigenvalue weighted by molar-refractivity contribution is 5.73. The third-order valence-electron chi connectivity index (χ3n) is 9.56. The molecule has 2 aliphatic heterocycles. The molecule has 2 heterocycles. The molecule has 228 valence electrons. The molecule has 0 radical (unpaired) electrons. The molecule has 2 saturated heterocycles. The number of fused-ring (bicyclic) bond motifs is 2. The van der Waals surface area contributed by atoms with Crippen LogP contribution in [0.1, 0.15) is 88.0 Å². The van der Waals surface area contributed by atoms with Crippen LogP contribution in [0.25, 0.3) is 11.1 Å². The number of ether oxygens (including phenoxy) is 2. The second kappa shape index (κ2) is 12.2. The van der Waals surface area contributed by atoms with E-state index in [1.54, 1.807) is 0 Å². The first-order valence-electron chi connectivity index (χ1n) is 15.8. The van der Waals surface area contributed by atoms with Gasteiger partial charge in [-0.2, -0.15) is 0 Å². The first kappa shape index (κ1) is 30.0. The van der Waals surface area contributed by atoms with Gasteiger partial charge in [-0.1, -0.05) is 87.5 Å². The second-order valence-electron chi connectivity index (χ2n) is 14.2. The van der Waals surface area contributed by atoms with Crippen molar-refractivity contribution in [2.45, 2.75) is 91.1 Å². The van der Waals surface area contributed by atoms with E-state index in [1.165, 1.54) is 26.2 Å². The van der Waals surface area contributed by atoms with Crippen LogP contribution in [0, 0.1) is 10.8 Å². The lowest BCUT2D eigenvalue weighted by atomic mass is 9.65. The Balaban J connectivity index is 1.21. The lowest BCUT2D eigenvalue weighted by Gasteiger charge is -2.41. The molecule has 3 aromatic rings. The molecule has 1 amide bonds. The van der Waals surface area contributed by atoms with E-state index in [2.05, 4.69) is 79.5 Å². The summed E-state index contributed by atoms with van der Waals surface area (Å²) in [6.45, 7) is 11.5. The lowest BCUT2D eigenvalue weighted by Crippen LogP contribution is -2.42. The molecule has 3 aromatic carbocycles. The van der Waals surface area contributed by atoms with Crippen molar-refractivity contribution in [2.24, 2.45) is 10.8 Å². The second-order valence-corrected chi connectivity index (χ2v) is 14.2. The maximum absolute atomic E-state index is 11.4. The zero-order chi connectivity index (χ0) is 30.2. The zero-order valence-electron chi connectivity index (χ0n) is 26.0. The van der Waals surface area contributed by atoms with Crippen LogP contribution in [0.2, 0.25) is 0 Å². The summed E-state index contributed by atoms with van der Waals surface area (Å²) >= 11 is 0. The molecule has 0 aromatic heterocycles. The average Bonchev–Trinajstić information content (AvgIpc) is 3.23. The van der Waals surface area contributed by atoms with E-state index in [4.69, 9.17) is 9.47 Å². The van der Waals surface area contributed by atoms with Crippen LogP contribution >= 0.6 is 0 Å². The first-order valence-corrected chi connectivity index (χ1v) is 15.8. The number of amides is 1. The summed E-state index contributed by atoms with van der Waals surface area (Å²) in [4.78, 5) is 14.1. The van der Waals surface area contributed by atoms with Gasteiger partial charge in [-0.25, -0.2) is 0 Å². The van der Waals surface area contributed by atoms with Crippen LogP contribution < -0.4 is 5.32 Å². The molecule has 2 N–H and O–H groups in total. The van der Waals surface area contributed by atoms with Crippen molar-refractivity contribution in [3.63, 3.8) is 0 Å². The highest BCUT2D eigenvalue weighted by atomic mass is 16.7. The fraction of sp³-hybridized carbons (Fsp3) is 0.486. The van der Waals surface area contributed by atoms with Gasteiger partial charge in [0.25, 0.3) is 0 Å². The molecular formula is C37H46N2O4. The third kappa shape index (κ3) is 7.04. The fourth-order valence-electron chi connectivity index (χ4n) is 8.00. The number of aliphatic hydroxyl groups excluding tert-OH is 1.